The summed E-state index contributed by atoms with van der Waals surface area (Å²) >= 11 is 0. The highest BCUT2D eigenvalue weighted by molar-refractivity contribution is 5.97. The van der Waals surface area contributed by atoms with Gasteiger partial charge in [0.05, 0.1) is 25.0 Å². The SMILES string of the molecule is CC(=O)N[C@H](CC(=O)O)C(=O)C[C@@H](CCC(=O)O)C(=O)NCC(=O)C[C@@H](Cc1cccc(F)c1)C(=O)N[C@@H](Cc1c[nH]c2ccccc12)C(=O)C[C@@H](CCC(=O)O)C(C)=O. The number of nitrogens with one attached hydrogen (secondary N) is 4. The van der Waals surface area contributed by atoms with Crippen LogP contribution in [0.25, 0.3) is 10.9 Å². The lowest BCUT2D eigenvalue weighted by Crippen LogP contribution is -2.47. The highest BCUT2D eigenvalue weighted by Gasteiger charge is 2.32. The fourth-order valence-electron chi connectivity index (χ4n) is 6.74. The van der Waals surface area contributed by atoms with Gasteiger partial charge in [-0.2, -0.15) is 0 Å². The Hall–Kier alpha value is -6.59. The second kappa shape index (κ2) is 23.1. The first-order valence-corrected chi connectivity index (χ1v) is 19.2. The molecule has 2 aromatic carbocycles. The maximum Gasteiger partial charge on any atom is 0.305 e. The van der Waals surface area contributed by atoms with Crippen LogP contribution in [0.2, 0.25) is 0 Å². The van der Waals surface area contributed by atoms with E-state index in [2.05, 4.69) is 20.9 Å². The molecule has 0 fully saturated rings. The average molecular weight is 837 g/mol. The van der Waals surface area contributed by atoms with E-state index < -0.39 is 127 Å². The van der Waals surface area contributed by atoms with Crippen molar-refractivity contribution in [3.63, 3.8) is 0 Å². The Morgan fingerprint density at radius 1 is 0.667 bits per heavy atom. The van der Waals surface area contributed by atoms with Crippen LogP contribution in [0.4, 0.5) is 4.39 Å². The summed E-state index contributed by atoms with van der Waals surface area (Å²) in [5, 5.41) is 35.6. The Morgan fingerprint density at radius 2 is 1.30 bits per heavy atom. The lowest BCUT2D eigenvalue weighted by molar-refractivity contribution is -0.141. The number of ketones is 4. The van der Waals surface area contributed by atoms with Crippen LogP contribution < -0.4 is 16.0 Å². The molecule has 0 radical (unpaired) electrons. The van der Waals surface area contributed by atoms with Gasteiger partial charge >= 0.3 is 17.9 Å². The van der Waals surface area contributed by atoms with Crippen LogP contribution >= 0.6 is 0 Å². The van der Waals surface area contributed by atoms with Gasteiger partial charge in [-0.15, -0.1) is 0 Å². The number of carbonyl (C=O) groups excluding carboxylic acids is 7. The number of aromatic amines is 1. The molecule has 0 saturated heterocycles. The van der Waals surface area contributed by atoms with Crippen molar-refractivity contribution < 1.29 is 67.7 Å². The van der Waals surface area contributed by atoms with Gasteiger partial charge in [0.1, 0.15) is 11.6 Å². The third-order valence-electron chi connectivity index (χ3n) is 9.88. The molecule has 3 amide bonds. The van der Waals surface area contributed by atoms with Crippen LogP contribution in [0.3, 0.4) is 0 Å². The maximum atomic E-state index is 14.3. The summed E-state index contributed by atoms with van der Waals surface area (Å²) in [5.74, 6) is -13.0. The third kappa shape index (κ3) is 16.0. The number of Topliss-reactive ketones (excluding diaryl/α,β-unsaturated/α-hetero) is 4. The molecule has 0 bridgehead atoms. The van der Waals surface area contributed by atoms with Crippen LogP contribution in [-0.2, 0) is 60.8 Å². The number of carboxylic acids is 3. The van der Waals surface area contributed by atoms with E-state index in [4.69, 9.17) is 0 Å². The van der Waals surface area contributed by atoms with Crippen molar-refractivity contribution in [3.05, 3.63) is 71.7 Å². The number of aromatic nitrogens is 1. The first-order valence-electron chi connectivity index (χ1n) is 19.2. The Balaban J connectivity index is 1.86. The minimum absolute atomic E-state index is 0.0550. The van der Waals surface area contributed by atoms with Gasteiger partial charge in [-0.05, 0) is 55.5 Å². The number of fused-ring (bicyclic) bond motifs is 1. The minimum Gasteiger partial charge on any atom is -0.481 e. The molecule has 3 rings (SSSR count). The molecule has 0 saturated carbocycles. The smallest absolute Gasteiger partial charge is 0.305 e. The fourth-order valence-corrected chi connectivity index (χ4v) is 6.74. The van der Waals surface area contributed by atoms with Crippen molar-refractivity contribution in [2.45, 2.75) is 90.1 Å². The molecule has 7 N–H and O–H groups in total. The van der Waals surface area contributed by atoms with Crippen LogP contribution in [-0.4, -0.2) is 97.7 Å². The second-order valence-corrected chi connectivity index (χ2v) is 14.7. The van der Waals surface area contributed by atoms with Crippen molar-refractivity contribution in [1.29, 1.82) is 0 Å². The normalized spacial score (nSPS) is 13.5. The summed E-state index contributed by atoms with van der Waals surface area (Å²) in [7, 11) is 0. The molecule has 1 heterocycles. The minimum atomic E-state index is -1.51. The summed E-state index contributed by atoms with van der Waals surface area (Å²) in [6.07, 6.45) is -2.42. The highest BCUT2D eigenvalue weighted by Crippen LogP contribution is 2.23. The Labute approximate surface area is 343 Å². The molecule has 60 heavy (non-hydrogen) atoms. The summed E-state index contributed by atoms with van der Waals surface area (Å²) in [6.45, 7) is 1.59. The molecule has 322 valence electrons. The predicted octanol–water partition coefficient (Wildman–Crippen LogP) is 2.72. The van der Waals surface area contributed by atoms with Gasteiger partial charge in [-0.1, -0.05) is 30.3 Å². The number of H-pyrrole nitrogens is 1. The topological polar surface area (TPSA) is 283 Å². The van der Waals surface area contributed by atoms with Crippen LogP contribution in [0.1, 0.15) is 76.3 Å². The van der Waals surface area contributed by atoms with E-state index in [1.54, 1.807) is 30.5 Å². The second-order valence-electron chi connectivity index (χ2n) is 14.7. The number of hydrogen-bond acceptors (Lipinski definition) is 10. The van der Waals surface area contributed by atoms with Crippen molar-refractivity contribution in [1.82, 2.24) is 20.9 Å². The van der Waals surface area contributed by atoms with Gasteiger partial charge in [0.15, 0.2) is 17.3 Å². The standard InChI is InChI=1S/C42H49FN4O13/c1-23(48)26(10-12-38(53)54)18-36(51)34(17-29-21-44-33-9-4-3-8-32(29)33)47-42(60)28(14-25-6-5-7-30(43)15-25)16-31(50)22-45-41(59)27(11-13-39(55)56)19-37(52)35(20-40(57)58)46-24(2)49/h3-9,15,21,26-28,34-35,44H,10-14,16-20,22H2,1-2H3,(H,45,59)(H,46,49)(H,47,60)(H,53,54)(H,55,56)(H,57,58)/t26-,27-,28-,34+,35-/m1/s1. The molecular formula is C42H49FN4O13. The molecule has 1 aromatic heterocycles. The molecule has 0 spiro atoms. The van der Waals surface area contributed by atoms with Crippen LogP contribution in [0, 0.1) is 23.6 Å². The quantitative estimate of drug-likeness (QED) is 0.0582. The summed E-state index contributed by atoms with van der Waals surface area (Å²) in [4.78, 5) is 129. The molecule has 0 aliphatic heterocycles. The zero-order valence-corrected chi connectivity index (χ0v) is 33.2. The number of amides is 3. The Bertz CT molecular complexity index is 2080. The van der Waals surface area contributed by atoms with Gasteiger partial charge < -0.3 is 36.3 Å². The number of hydrogen-bond donors (Lipinski definition) is 7. The average Bonchev–Trinajstić information content (AvgIpc) is 3.58. The molecule has 0 unspecified atom stereocenters. The largest absolute Gasteiger partial charge is 0.481 e. The Morgan fingerprint density at radius 3 is 1.92 bits per heavy atom. The van der Waals surface area contributed by atoms with Gasteiger partial charge in [0.25, 0.3) is 0 Å². The number of para-hydroxylation sites is 1. The maximum absolute atomic E-state index is 14.3. The lowest BCUT2D eigenvalue weighted by Gasteiger charge is -2.24. The predicted molar refractivity (Wildman–Crippen MR) is 211 cm³/mol. The zero-order chi connectivity index (χ0) is 44.5. The van der Waals surface area contributed by atoms with Crippen molar-refractivity contribution in [2.75, 3.05) is 6.54 Å². The first-order chi connectivity index (χ1) is 28.3. The van der Waals surface area contributed by atoms with Gasteiger partial charge in [-0.25, -0.2) is 4.39 Å². The number of rotatable bonds is 27. The van der Waals surface area contributed by atoms with E-state index in [1.807, 2.05) is 0 Å². The van der Waals surface area contributed by atoms with Gasteiger partial charge in [-0.3, -0.25) is 47.9 Å². The molecule has 0 aliphatic rings. The fraction of sp³-hybridized carbons (Fsp3) is 0.429. The monoisotopic (exact) mass is 836 g/mol. The Kier molecular flexibility index (Phi) is 18.4. The van der Waals surface area contributed by atoms with Crippen molar-refractivity contribution in [2.24, 2.45) is 17.8 Å². The van der Waals surface area contributed by atoms with Crippen LogP contribution in [0.5, 0.6) is 0 Å². The van der Waals surface area contributed by atoms with Crippen molar-refractivity contribution >= 4 is 69.7 Å². The molecule has 5 atom stereocenters. The molecule has 0 aliphatic carbocycles. The van der Waals surface area contributed by atoms with E-state index >= 15 is 0 Å². The highest BCUT2D eigenvalue weighted by atomic mass is 19.1. The summed E-state index contributed by atoms with van der Waals surface area (Å²) in [6, 6.07) is 9.67. The van der Waals surface area contributed by atoms with E-state index in [9.17, 15) is 67.7 Å². The number of aliphatic carboxylic acids is 3. The van der Waals surface area contributed by atoms with E-state index in [0.29, 0.717) is 11.1 Å². The number of halogens is 1. The summed E-state index contributed by atoms with van der Waals surface area (Å²) in [5.41, 5.74) is 1.70. The molecule has 17 nitrogen and oxygen atoms in total. The summed E-state index contributed by atoms with van der Waals surface area (Å²) < 4.78 is 14.3. The van der Waals surface area contributed by atoms with Gasteiger partial charge in [0, 0.05) is 80.3 Å². The third-order valence-corrected chi connectivity index (χ3v) is 9.88. The van der Waals surface area contributed by atoms with Crippen LogP contribution in [0.15, 0.2) is 54.7 Å². The zero-order valence-electron chi connectivity index (χ0n) is 33.2. The molecule has 3 aromatic rings. The number of carbonyl (C=O) groups is 10. The van der Waals surface area contributed by atoms with E-state index in [1.165, 1.54) is 25.1 Å². The number of benzene rings is 2. The molecule has 18 heteroatoms. The lowest BCUT2D eigenvalue weighted by atomic mass is 9.88. The van der Waals surface area contributed by atoms with Crippen molar-refractivity contribution in [3.8, 4) is 0 Å². The van der Waals surface area contributed by atoms with E-state index in [0.717, 1.165) is 23.9 Å². The number of carboxylic acid groups (broad SMARTS) is 3. The first kappa shape index (κ1) is 47.8. The van der Waals surface area contributed by atoms with E-state index in [-0.39, 0.29) is 38.5 Å². The van der Waals surface area contributed by atoms with Gasteiger partial charge in [0.2, 0.25) is 17.7 Å². The molecular weight excluding hydrogens is 787 g/mol.